The van der Waals surface area contributed by atoms with E-state index < -0.39 is 0 Å². The molecule has 1 aliphatic carbocycles. The first kappa shape index (κ1) is 12.5. The number of nitrogen functional groups attached to an aromatic ring is 1. The molecule has 3 N–H and O–H groups in total. The molecular weight excluding hydrogens is 238 g/mol. The zero-order valence-electron chi connectivity index (χ0n) is 11.3. The lowest BCUT2D eigenvalue weighted by molar-refractivity contribution is 0.225. The minimum absolute atomic E-state index is 0.0161. The standard InChI is InChI=1S/C15H21N3O/c1-10-4-2-3-5-13(10)18-14-7-6-11(16)8-12(14)17-15(18)9-19/h6-8,10,13,19H,2-5,9,16H2,1H3. The first-order valence-corrected chi connectivity index (χ1v) is 7.08. The number of nitrogens with two attached hydrogens (primary N) is 1. The Morgan fingerprint density at radius 3 is 2.89 bits per heavy atom. The predicted octanol–water partition coefficient (Wildman–Crippen LogP) is 2.86. The Morgan fingerprint density at radius 1 is 1.37 bits per heavy atom. The van der Waals surface area contributed by atoms with Gasteiger partial charge in [0.1, 0.15) is 12.4 Å². The average Bonchev–Trinajstić information content (AvgIpc) is 2.76. The number of hydrogen-bond donors (Lipinski definition) is 2. The molecule has 0 amide bonds. The molecule has 19 heavy (non-hydrogen) atoms. The van der Waals surface area contributed by atoms with Gasteiger partial charge in [-0.05, 0) is 37.0 Å². The van der Waals surface area contributed by atoms with E-state index in [0.29, 0.717) is 12.0 Å². The maximum absolute atomic E-state index is 9.59. The van der Waals surface area contributed by atoms with Crippen LogP contribution in [0.1, 0.15) is 44.5 Å². The van der Waals surface area contributed by atoms with Crippen molar-refractivity contribution in [2.45, 2.75) is 45.3 Å². The van der Waals surface area contributed by atoms with Gasteiger partial charge in [0.2, 0.25) is 0 Å². The SMILES string of the molecule is CC1CCCCC1n1c(CO)nc2cc(N)ccc21. The van der Waals surface area contributed by atoms with Gasteiger partial charge in [-0.25, -0.2) is 4.98 Å². The number of benzene rings is 1. The summed E-state index contributed by atoms with van der Waals surface area (Å²) < 4.78 is 2.23. The zero-order chi connectivity index (χ0) is 13.4. The van der Waals surface area contributed by atoms with Gasteiger partial charge in [0.15, 0.2) is 0 Å². The van der Waals surface area contributed by atoms with E-state index in [9.17, 15) is 5.11 Å². The lowest BCUT2D eigenvalue weighted by Gasteiger charge is -2.31. The van der Waals surface area contributed by atoms with E-state index in [1.165, 1.54) is 25.7 Å². The van der Waals surface area contributed by atoms with Gasteiger partial charge in [0.05, 0.1) is 11.0 Å². The van der Waals surface area contributed by atoms with Crippen molar-refractivity contribution in [3.63, 3.8) is 0 Å². The van der Waals surface area contributed by atoms with Gasteiger partial charge in [-0.3, -0.25) is 0 Å². The van der Waals surface area contributed by atoms with Crippen molar-refractivity contribution in [1.82, 2.24) is 9.55 Å². The number of fused-ring (bicyclic) bond motifs is 1. The summed E-state index contributed by atoms with van der Waals surface area (Å²) in [6.45, 7) is 2.28. The third-order valence-corrected chi connectivity index (χ3v) is 4.33. The van der Waals surface area contributed by atoms with Crippen LogP contribution in [0.5, 0.6) is 0 Å². The van der Waals surface area contributed by atoms with E-state index in [1.54, 1.807) is 0 Å². The largest absolute Gasteiger partial charge is 0.399 e. The van der Waals surface area contributed by atoms with Crippen LogP contribution in [0.2, 0.25) is 0 Å². The van der Waals surface area contributed by atoms with Crippen molar-refractivity contribution in [3.05, 3.63) is 24.0 Å². The highest BCUT2D eigenvalue weighted by molar-refractivity contribution is 5.79. The van der Waals surface area contributed by atoms with E-state index in [2.05, 4.69) is 16.5 Å². The second-order valence-corrected chi connectivity index (χ2v) is 5.63. The van der Waals surface area contributed by atoms with Crippen molar-refractivity contribution >= 4 is 16.7 Å². The van der Waals surface area contributed by atoms with Gasteiger partial charge in [-0.1, -0.05) is 19.8 Å². The second kappa shape index (κ2) is 4.85. The van der Waals surface area contributed by atoms with Gasteiger partial charge in [-0.15, -0.1) is 0 Å². The summed E-state index contributed by atoms with van der Waals surface area (Å²) in [7, 11) is 0. The van der Waals surface area contributed by atoms with Crippen LogP contribution in [0.4, 0.5) is 5.69 Å². The smallest absolute Gasteiger partial charge is 0.135 e. The molecule has 1 fully saturated rings. The molecule has 0 radical (unpaired) electrons. The molecule has 0 spiro atoms. The molecule has 1 aliphatic rings. The normalized spacial score (nSPS) is 23.9. The van der Waals surface area contributed by atoms with Crippen LogP contribution in [0.3, 0.4) is 0 Å². The van der Waals surface area contributed by atoms with Gasteiger partial charge < -0.3 is 15.4 Å². The molecule has 3 rings (SSSR count). The molecule has 2 aromatic rings. The Kier molecular flexibility index (Phi) is 3.19. The lowest BCUT2D eigenvalue weighted by atomic mass is 9.85. The minimum atomic E-state index is -0.0161. The van der Waals surface area contributed by atoms with Crippen LogP contribution in [-0.4, -0.2) is 14.7 Å². The van der Waals surface area contributed by atoms with Gasteiger partial charge in [0, 0.05) is 11.7 Å². The molecule has 102 valence electrons. The third kappa shape index (κ3) is 2.10. The number of hydrogen-bond acceptors (Lipinski definition) is 3. The predicted molar refractivity (Wildman–Crippen MR) is 76.7 cm³/mol. The molecule has 4 heteroatoms. The molecule has 4 nitrogen and oxygen atoms in total. The minimum Gasteiger partial charge on any atom is -0.399 e. The average molecular weight is 259 g/mol. The molecule has 1 aromatic carbocycles. The Labute approximate surface area is 113 Å². The van der Waals surface area contributed by atoms with Crippen LogP contribution < -0.4 is 5.73 Å². The summed E-state index contributed by atoms with van der Waals surface area (Å²) in [5.74, 6) is 1.40. The number of rotatable bonds is 2. The fourth-order valence-corrected chi connectivity index (χ4v) is 3.33. The van der Waals surface area contributed by atoms with Crippen molar-refractivity contribution in [2.24, 2.45) is 5.92 Å². The van der Waals surface area contributed by atoms with Gasteiger partial charge in [0.25, 0.3) is 0 Å². The zero-order valence-corrected chi connectivity index (χ0v) is 11.3. The molecule has 2 unspecified atom stereocenters. The van der Waals surface area contributed by atoms with Crippen molar-refractivity contribution in [2.75, 3.05) is 5.73 Å². The summed E-state index contributed by atoms with van der Waals surface area (Å²) in [4.78, 5) is 4.53. The molecule has 0 saturated heterocycles. The van der Waals surface area contributed by atoms with E-state index in [0.717, 1.165) is 22.5 Å². The molecule has 1 heterocycles. The number of aliphatic hydroxyl groups is 1. The molecule has 0 bridgehead atoms. The monoisotopic (exact) mass is 259 g/mol. The molecule has 2 atom stereocenters. The number of nitrogens with zero attached hydrogens (tertiary/aromatic N) is 2. The number of aliphatic hydroxyl groups excluding tert-OH is 1. The quantitative estimate of drug-likeness (QED) is 0.815. The van der Waals surface area contributed by atoms with Crippen LogP contribution in [0.25, 0.3) is 11.0 Å². The summed E-state index contributed by atoms with van der Waals surface area (Å²) in [6.07, 6.45) is 4.99. The third-order valence-electron chi connectivity index (χ3n) is 4.33. The fourth-order valence-electron chi connectivity index (χ4n) is 3.33. The van der Waals surface area contributed by atoms with Crippen molar-refractivity contribution < 1.29 is 5.11 Å². The second-order valence-electron chi connectivity index (χ2n) is 5.63. The highest BCUT2D eigenvalue weighted by atomic mass is 16.3. The first-order chi connectivity index (χ1) is 9.20. The number of aromatic nitrogens is 2. The fraction of sp³-hybridized carbons (Fsp3) is 0.533. The van der Waals surface area contributed by atoms with E-state index in [4.69, 9.17) is 5.73 Å². The summed E-state index contributed by atoms with van der Waals surface area (Å²) in [6, 6.07) is 6.27. The highest BCUT2D eigenvalue weighted by Gasteiger charge is 2.26. The molecular formula is C15H21N3O. The number of imidazole rings is 1. The van der Waals surface area contributed by atoms with Crippen LogP contribution >= 0.6 is 0 Å². The van der Waals surface area contributed by atoms with Crippen molar-refractivity contribution in [3.8, 4) is 0 Å². The number of anilines is 1. The Morgan fingerprint density at radius 2 is 2.16 bits per heavy atom. The van der Waals surface area contributed by atoms with Crippen LogP contribution in [-0.2, 0) is 6.61 Å². The highest BCUT2D eigenvalue weighted by Crippen LogP contribution is 2.36. The first-order valence-electron chi connectivity index (χ1n) is 7.08. The topological polar surface area (TPSA) is 64.1 Å². The van der Waals surface area contributed by atoms with Crippen molar-refractivity contribution in [1.29, 1.82) is 0 Å². The Bertz CT molecular complexity index is 590. The molecule has 1 saturated carbocycles. The Hall–Kier alpha value is -1.55. The maximum Gasteiger partial charge on any atom is 0.135 e. The molecule has 1 aromatic heterocycles. The summed E-state index contributed by atoms with van der Waals surface area (Å²) >= 11 is 0. The van der Waals surface area contributed by atoms with Crippen LogP contribution in [0, 0.1) is 5.92 Å². The van der Waals surface area contributed by atoms with E-state index in [-0.39, 0.29) is 6.61 Å². The van der Waals surface area contributed by atoms with Gasteiger partial charge >= 0.3 is 0 Å². The van der Waals surface area contributed by atoms with Gasteiger partial charge in [-0.2, -0.15) is 0 Å². The Balaban J connectivity index is 2.14. The van der Waals surface area contributed by atoms with Crippen LogP contribution in [0.15, 0.2) is 18.2 Å². The van der Waals surface area contributed by atoms with E-state index >= 15 is 0 Å². The summed E-state index contributed by atoms with van der Waals surface area (Å²) in [5.41, 5.74) is 8.52. The maximum atomic E-state index is 9.59. The lowest BCUT2D eigenvalue weighted by Crippen LogP contribution is -2.22. The molecule has 0 aliphatic heterocycles. The summed E-state index contributed by atoms with van der Waals surface area (Å²) in [5, 5.41) is 9.59. The van der Waals surface area contributed by atoms with E-state index in [1.807, 2.05) is 18.2 Å².